The lowest BCUT2D eigenvalue weighted by Gasteiger charge is -2.22. The molecule has 1 saturated heterocycles. The Labute approximate surface area is 165 Å². The Hall–Kier alpha value is -1.47. The van der Waals surface area contributed by atoms with Gasteiger partial charge >= 0.3 is 0 Å². The Morgan fingerprint density at radius 3 is 3.04 bits per heavy atom. The van der Waals surface area contributed by atoms with E-state index < -0.39 is 0 Å². The molecule has 4 nitrogen and oxygen atoms in total. The second-order valence-corrected chi connectivity index (χ2v) is 8.86. The van der Waals surface area contributed by atoms with E-state index in [2.05, 4.69) is 0 Å². The highest BCUT2D eigenvalue weighted by Crippen LogP contribution is 2.34. The molecule has 26 heavy (non-hydrogen) atoms. The molecule has 0 bridgehead atoms. The van der Waals surface area contributed by atoms with Crippen molar-refractivity contribution in [2.45, 2.75) is 32.3 Å². The quantitative estimate of drug-likeness (QED) is 0.593. The second-order valence-electron chi connectivity index (χ2n) is 6.41. The van der Waals surface area contributed by atoms with Crippen molar-refractivity contribution in [3.8, 4) is 0 Å². The van der Waals surface area contributed by atoms with Crippen LogP contribution in [0.4, 0.5) is 5.13 Å². The predicted octanol–water partition coefficient (Wildman–Crippen LogP) is 5.07. The van der Waals surface area contributed by atoms with Crippen molar-refractivity contribution in [2.24, 2.45) is 0 Å². The number of aryl methyl sites for hydroxylation is 1. The van der Waals surface area contributed by atoms with Crippen LogP contribution in [0.2, 0.25) is 5.02 Å². The highest BCUT2D eigenvalue weighted by Gasteiger charge is 2.26. The van der Waals surface area contributed by atoms with Gasteiger partial charge in [0.05, 0.1) is 29.3 Å². The van der Waals surface area contributed by atoms with Crippen LogP contribution in [-0.2, 0) is 16.0 Å². The monoisotopic (exact) mass is 406 g/mol. The van der Waals surface area contributed by atoms with Gasteiger partial charge in [0, 0.05) is 16.5 Å². The van der Waals surface area contributed by atoms with Crippen LogP contribution in [0.5, 0.6) is 0 Å². The molecule has 4 rings (SSSR count). The van der Waals surface area contributed by atoms with Crippen LogP contribution in [0, 0.1) is 6.92 Å². The summed E-state index contributed by atoms with van der Waals surface area (Å²) < 4.78 is 6.82. The minimum absolute atomic E-state index is 0.0609. The summed E-state index contributed by atoms with van der Waals surface area (Å²) in [7, 11) is 0. The molecule has 1 aliphatic rings. The molecule has 1 fully saturated rings. The Kier molecular flexibility index (Phi) is 5.27. The molecule has 1 aliphatic heterocycles. The maximum Gasteiger partial charge on any atom is 0.234 e. The van der Waals surface area contributed by atoms with Crippen LogP contribution in [0.3, 0.4) is 0 Å². The van der Waals surface area contributed by atoms with Crippen LogP contribution in [0.25, 0.3) is 10.2 Å². The van der Waals surface area contributed by atoms with Gasteiger partial charge in [0.2, 0.25) is 5.91 Å². The molecule has 0 saturated carbocycles. The van der Waals surface area contributed by atoms with E-state index in [0.717, 1.165) is 45.2 Å². The molecular weight excluding hydrogens is 388 g/mol. The molecule has 2 aromatic heterocycles. The van der Waals surface area contributed by atoms with Gasteiger partial charge in [-0.3, -0.25) is 9.69 Å². The van der Waals surface area contributed by atoms with Crippen LogP contribution in [0.1, 0.15) is 23.3 Å². The van der Waals surface area contributed by atoms with Gasteiger partial charge in [0.25, 0.3) is 0 Å². The number of ether oxygens (including phenoxy) is 1. The number of anilines is 1. The number of fused-ring (bicyclic) bond motifs is 1. The van der Waals surface area contributed by atoms with Gasteiger partial charge in [0.15, 0.2) is 5.13 Å². The normalized spacial score (nSPS) is 17.1. The molecule has 1 unspecified atom stereocenters. The van der Waals surface area contributed by atoms with Gasteiger partial charge in [-0.05, 0) is 48.9 Å². The molecule has 0 radical (unpaired) electrons. The van der Waals surface area contributed by atoms with E-state index >= 15 is 0 Å². The van der Waals surface area contributed by atoms with Crippen LogP contribution < -0.4 is 4.90 Å². The zero-order valence-corrected chi connectivity index (χ0v) is 16.8. The Balaban J connectivity index is 1.67. The van der Waals surface area contributed by atoms with Gasteiger partial charge in [-0.15, -0.1) is 11.3 Å². The topological polar surface area (TPSA) is 42.4 Å². The van der Waals surface area contributed by atoms with Crippen LogP contribution in [-0.4, -0.2) is 30.1 Å². The fourth-order valence-electron chi connectivity index (χ4n) is 3.14. The first kappa shape index (κ1) is 17.9. The molecular formula is C19H19ClN2O2S2. The van der Waals surface area contributed by atoms with Gasteiger partial charge in [-0.25, -0.2) is 4.98 Å². The summed E-state index contributed by atoms with van der Waals surface area (Å²) >= 11 is 9.38. The minimum atomic E-state index is 0.0609. The van der Waals surface area contributed by atoms with E-state index in [0.29, 0.717) is 18.0 Å². The zero-order chi connectivity index (χ0) is 18.1. The number of carbonyl (C=O) groups is 1. The molecule has 3 heterocycles. The average molecular weight is 407 g/mol. The zero-order valence-electron chi connectivity index (χ0n) is 14.4. The highest BCUT2D eigenvalue weighted by molar-refractivity contribution is 7.22. The van der Waals surface area contributed by atoms with Crippen molar-refractivity contribution in [1.29, 1.82) is 0 Å². The number of thiazole rings is 1. The van der Waals surface area contributed by atoms with E-state index in [1.165, 1.54) is 11.3 Å². The second kappa shape index (κ2) is 7.64. The maximum absolute atomic E-state index is 13.0. The average Bonchev–Trinajstić information content (AvgIpc) is 3.37. The predicted molar refractivity (Wildman–Crippen MR) is 109 cm³/mol. The summed E-state index contributed by atoms with van der Waals surface area (Å²) in [6.07, 6.45) is 2.50. The molecule has 0 aliphatic carbocycles. The van der Waals surface area contributed by atoms with E-state index in [-0.39, 0.29) is 12.0 Å². The molecule has 1 amide bonds. The number of carbonyl (C=O) groups excluding carboxylic acids is 1. The Bertz CT molecular complexity index is 917. The molecule has 7 heteroatoms. The third-order valence-corrected chi connectivity index (χ3v) is 6.91. The van der Waals surface area contributed by atoms with E-state index in [9.17, 15) is 4.79 Å². The molecule has 136 valence electrons. The highest BCUT2D eigenvalue weighted by atomic mass is 35.5. The van der Waals surface area contributed by atoms with Crippen molar-refractivity contribution in [3.63, 3.8) is 0 Å². The Morgan fingerprint density at radius 1 is 1.42 bits per heavy atom. The fourth-order valence-corrected chi connectivity index (χ4v) is 5.04. The number of amides is 1. The van der Waals surface area contributed by atoms with E-state index in [1.807, 2.05) is 36.6 Å². The van der Waals surface area contributed by atoms with Crippen molar-refractivity contribution in [2.75, 3.05) is 18.1 Å². The molecule has 3 aromatic rings. The SMILES string of the molecule is Cc1c(Cl)ccc2sc(N(CC3CCCO3)C(=O)Cc3cccs3)nc12. The van der Waals surface area contributed by atoms with E-state index in [4.69, 9.17) is 21.3 Å². The third-order valence-electron chi connectivity index (χ3n) is 4.58. The van der Waals surface area contributed by atoms with Crippen molar-refractivity contribution in [3.05, 3.63) is 45.1 Å². The fraction of sp³-hybridized carbons (Fsp3) is 0.368. The number of nitrogens with zero attached hydrogens (tertiary/aromatic N) is 2. The number of hydrogen-bond acceptors (Lipinski definition) is 5. The first-order chi connectivity index (χ1) is 12.6. The maximum atomic E-state index is 13.0. The summed E-state index contributed by atoms with van der Waals surface area (Å²) in [6.45, 7) is 3.29. The number of benzene rings is 1. The summed E-state index contributed by atoms with van der Waals surface area (Å²) in [5.74, 6) is 0.0609. The first-order valence-corrected chi connectivity index (χ1v) is 10.7. The number of hydrogen-bond donors (Lipinski definition) is 0. The van der Waals surface area contributed by atoms with Crippen LogP contribution >= 0.6 is 34.3 Å². The summed E-state index contributed by atoms with van der Waals surface area (Å²) in [5, 5.41) is 3.42. The largest absolute Gasteiger partial charge is 0.376 e. The first-order valence-electron chi connectivity index (χ1n) is 8.62. The summed E-state index contributed by atoms with van der Waals surface area (Å²) in [6, 6.07) is 7.83. The standard InChI is InChI=1S/C19H19ClN2O2S2/c1-12-15(20)6-7-16-18(12)21-19(26-16)22(11-13-4-2-8-24-13)17(23)10-14-5-3-9-25-14/h3,5-7,9,13H,2,4,8,10-11H2,1H3. The molecule has 1 atom stereocenters. The lowest BCUT2D eigenvalue weighted by molar-refractivity contribution is -0.118. The number of rotatable bonds is 5. The van der Waals surface area contributed by atoms with Gasteiger partial charge in [-0.1, -0.05) is 29.0 Å². The summed E-state index contributed by atoms with van der Waals surface area (Å²) in [4.78, 5) is 20.7. The molecule has 0 spiro atoms. The molecule has 0 N–H and O–H groups in total. The number of halogens is 1. The molecule has 1 aromatic carbocycles. The van der Waals surface area contributed by atoms with Gasteiger partial charge < -0.3 is 4.74 Å². The lowest BCUT2D eigenvalue weighted by Crippen LogP contribution is -2.38. The summed E-state index contributed by atoms with van der Waals surface area (Å²) in [5.41, 5.74) is 1.83. The van der Waals surface area contributed by atoms with Gasteiger partial charge in [-0.2, -0.15) is 0 Å². The Morgan fingerprint density at radius 2 is 2.31 bits per heavy atom. The number of aromatic nitrogens is 1. The van der Waals surface area contributed by atoms with Crippen LogP contribution in [0.15, 0.2) is 29.6 Å². The van der Waals surface area contributed by atoms with Crippen molar-refractivity contribution >= 4 is 55.5 Å². The smallest absolute Gasteiger partial charge is 0.234 e. The van der Waals surface area contributed by atoms with Gasteiger partial charge in [0.1, 0.15) is 0 Å². The minimum Gasteiger partial charge on any atom is -0.376 e. The van der Waals surface area contributed by atoms with Crippen molar-refractivity contribution < 1.29 is 9.53 Å². The van der Waals surface area contributed by atoms with Crippen molar-refractivity contribution in [1.82, 2.24) is 4.98 Å². The van der Waals surface area contributed by atoms with E-state index in [1.54, 1.807) is 16.2 Å². The lowest BCUT2D eigenvalue weighted by atomic mass is 10.2. The number of thiophene rings is 1. The third kappa shape index (κ3) is 3.64.